The molecule has 6 heteroatoms. The molecule has 1 aliphatic carbocycles. The van der Waals surface area contributed by atoms with E-state index in [1.54, 1.807) is 28.9 Å². The van der Waals surface area contributed by atoms with E-state index in [0.29, 0.717) is 22.4 Å². The Labute approximate surface area is 178 Å². The largest absolute Gasteiger partial charge is 0.491 e. The summed E-state index contributed by atoms with van der Waals surface area (Å²) in [6.45, 7) is 1.76. The third kappa shape index (κ3) is 3.31. The van der Waals surface area contributed by atoms with Gasteiger partial charge in [-0.05, 0) is 25.1 Å². The predicted octanol–water partition coefficient (Wildman–Crippen LogP) is 3.89. The van der Waals surface area contributed by atoms with Gasteiger partial charge in [0.25, 0.3) is 0 Å². The van der Waals surface area contributed by atoms with Crippen molar-refractivity contribution in [3.05, 3.63) is 83.4 Å². The van der Waals surface area contributed by atoms with Gasteiger partial charge in [0.2, 0.25) is 0 Å². The van der Waals surface area contributed by atoms with Gasteiger partial charge >= 0.3 is 0 Å². The number of hydrogen-bond acceptors (Lipinski definition) is 5. The normalized spacial score (nSPS) is 13.2. The smallest absolute Gasteiger partial charge is 0.194 e. The second-order valence-corrected chi connectivity index (χ2v) is 7.65. The highest BCUT2D eigenvalue weighted by atomic mass is 16.5. The summed E-state index contributed by atoms with van der Waals surface area (Å²) in [5, 5.41) is 16.1. The summed E-state index contributed by atoms with van der Waals surface area (Å²) in [5.74, 6) is 0.470. The molecular weight excluding hydrogens is 392 g/mol. The molecule has 6 nitrogen and oxygen atoms in total. The van der Waals surface area contributed by atoms with Crippen LogP contribution in [-0.2, 0) is 6.54 Å². The van der Waals surface area contributed by atoms with Crippen molar-refractivity contribution in [1.29, 1.82) is 0 Å². The fourth-order valence-corrected chi connectivity index (χ4v) is 4.03. The van der Waals surface area contributed by atoms with Crippen LogP contribution in [0.1, 0.15) is 33.2 Å². The Morgan fingerprint density at radius 2 is 1.77 bits per heavy atom. The first-order chi connectivity index (χ1) is 15.0. The molecule has 5 rings (SSSR count). The van der Waals surface area contributed by atoms with Crippen molar-refractivity contribution < 1.29 is 19.4 Å². The summed E-state index contributed by atoms with van der Waals surface area (Å²) < 4.78 is 7.41. The van der Waals surface area contributed by atoms with Crippen LogP contribution in [0.2, 0.25) is 0 Å². The molecule has 0 bridgehead atoms. The summed E-state index contributed by atoms with van der Waals surface area (Å²) >= 11 is 0. The van der Waals surface area contributed by atoms with Gasteiger partial charge in [0.1, 0.15) is 24.2 Å². The van der Waals surface area contributed by atoms with E-state index in [1.165, 1.54) is 6.92 Å². The molecule has 0 saturated heterocycles. The van der Waals surface area contributed by atoms with Crippen molar-refractivity contribution in [1.82, 2.24) is 9.78 Å². The first kappa shape index (κ1) is 19.2. The van der Waals surface area contributed by atoms with E-state index in [9.17, 15) is 14.7 Å². The van der Waals surface area contributed by atoms with Crippen molar-refractivity contribution in [2.24, 2.45) is 0 Å². The third-order valence-corrected chi connectivity index (χ3v) is 5.52. The van der Waals surface area contributed by atoms with Crippen LogP contribution in [0.5, 0.6) is 5.75 Å². The fraction of sp³-hybridized carbons (Fsp3) is 0.160. The third-order valence-electron chi connectivity index (χ3n) is 5.52. The lowest BCUT2D eigenvalue weighted by molar-refractivity contribution is 0.0904. The van der Waals surface area contributed by atoms with Gasteiger partial charge in [0.05, 0.1) is 12.1 Å². The molecule has 1 aliphatic rings. The van der Waals surface area contributed by atoms with E-state index >= 15 is 0 Å². The molecular formula is C25H20N2O4. The standard InChI is InChI=1S/C25H20N2O4/c1-15(28)16-6-4-7-18(12-16)31-14-17(29)13-27-22-11-5-10-21-23(22)24(26-27)19-8-2-3-9-20(19)25(21)30/h2-12,17,29H,13-14H2,1H3/t17-/m1/s1. The van der Waals surface area contributed by atoms with Crippen molar-refractivity contribution in [2.45, 2.75) is 19.6 Å². The van der Waals surface area contributed by atoms with E-state index < -0.39 is 6.10 Å². The lowest BCUT2D eigenvalue weighted by atomic mass is 9.87. The first-order valence-electron chi connectivity index (χ1n) is 10.1. The number of aromatic nitrogens is 2. The van der Waals surface area contributed by atoms with Gasteiger partial charge in [-0.2, -0.15) is 5.10 Å². The summed E-state index contributed by atoms with van der Waals surface area (Å²) in [6, 6.07) is 19.9. The number of hydrogen-bond donors (Lipinski definition) is 1. The molecule has 1 N–H and O–H groups in total. The minimum absolute atomic E-state index is 0.0116. The van der Waals surface area contributed by atoms with Gasteiger partial charge in [-0.1, -0.05) is 48.5 Å². The average Bonchev–Trinajstić information content (AvgIpc) is 3.15. The van der Waals surface area contributed by atoms with Crippen molar-refractivity contribution >= 4 is 22.5 Å². The van der Waals surface area contributed by atoms with Gasteiger partial charge in [-0.15, -0.1) is 0 Å². The van der Waals surface area contributed by atoms with Crippen molar-refractivity contribution in [3.8, 4) is 17.0 Å². The van der Waals surface area contributed by atoms with E-state index in [-0.39, 0.29) is 24.7 Å². The van der Waals surface area contributed by atoms with Crippen LogP contribution >= 0.6 is 0 Å². The van der Waals surface area contributed by atoms with Crippen LogP contribution in [0.3, 0.4) is 0 Å². The molecule has 0 saturated carbocycles. The minimum atomic E-state index is -0.827. The fourth-order valence-electron chi connectivity index (χ4n) is 4.03. The molecule has 1 heterocycles. The van der Waals surface area contributed by atoms with E-state index in [4.69, 9.17) is 9.84 Å². The Hall–Kier alpha value is -3.77. The van der Waals surface area contributed by atoms with Crippen LogP contribution in [0, 0.1) is 0 Å². The molecule has 0 aliphatic heterocycles. The zero-order valence-corrected chi connectivity index (χ0v) is 16.9. The Balaban J connectivity index is 1.42. The number of benzene rings is 3. The molecule has 0 amide bonds. The number of ether oxygens (including phenoxy) is 1. The van der Waals surface area contributed by atoms with Crippen molar-refractivity contribution in [2.75, 3.05) is 6.61 Å². The first-order valence-corrected chi connectivity index (χ1v) is 10.1. The van der Waals surface area contributed by atoms with E-state index in [2.05, 4.69) is 0 Å². The number of aliphatic hydroxyl groups excluding tert-OH is 1. The predicted molar refractivity (Wildman–Crippen MR) is 117 cm³/mol. The summed E-state index contributed by atoms with van der Waals surface area (Å²) in [7, 11) is 0. The number of rotatable bonds is 6. The molecule has 31 heavy (non-hydrogen) atoms. The molecule has 0 spiro atoms. The zero-order chi connectivity index (χ0) is 21.5. The number of fused-ring (bicyclic) bond motifs is 2. The maximum Gasteiger partial charge on any atom is 0.194 e. The molecule has 0 unspecified atom stereocenters. The molecule has 3 aromatic carbocycles. The zero-order valence-electron chi connectivity index (χ0n) is 16.9. The number of nitrogens with zero attached hydrogens (tertiary/aromatic N) is 2. The van der Waals surface area contributed by atoms with E-state index in [1.807, 2.05) is 42.5 Å². The van der Waals surface area contributed by atoms with Crippen molar-refractivity contribution in [3.63, 3.8) is 0 Å². The molecule has 1 aromatic heterocycles. The monoisotopic (exact) mass is 412 g/mol. The van der Waals surface area contributed by atoms with Crippen LogP contribution in [0.15, 0.2) is 66.7 Å². The number of carbonyl (C=O) groups is 2. The maximum atomic E-state index is 12.9. The lowest BCUT2D eigenvalue weighted by Crippen LogP contribution is -2.24. The quantitative estimate of drug-likeness (QED) is 0.428. The van der Waals surface area contributed by atoms with Crippen LogP contribution in [0.4, 0.5) is 0 Å². The maximum absolute atomic E-state index is 12.9. The molecule has 0 radical (unpaired) electrons. The topological polar surface area (TPSA) is 81.4 Å². The van der Waals surface area contributed by atoms with Gasteiger partial charge in [-0.3, -0.25) is 14.3 Å². The number of Topliss-reactive ketones (excluding diaryl/α,β-unsaturated/α-hetero) is 1. The van der Waals surface area contributed by atoms with Gasteiger partial charge in [-0.25, -0.2) is 0 Å². The van der Waals surface area contributed by atoms with Crippen LogP contribution in [-0.4, -0.2) is 39.2 Å². The highest BCUT2D eigenvalue weighted by Crippen LogP contribution is 2.38. The van der Waals surface area contributed by atoms with Gasteiger partial charge in [0.15, 0.2) is 11.6 Å². The second-order valence-electron chi connectivity index (χ2n) is 7.65. The molecule has 154 valence electrons. The van der Waals surface area contributed by atoms with E-state index in [0.717, 1.165) is 22.2 Å². The average molecular weight is 412 g/mol. The molecule has 4 aromatic rings. The Bertz CT molecular complexity index is 1340. The summed E-state index contributed by atoms with van der Waals surface area (Å²) in [6.07, 6.45) is -0.827. The lowest BCUT2D eigenvalue weighted by Gasteiger charge is -2.14. The molecule has 0 fully saturated rings. The minimum Gasteiger partial charge on any atom is -0.491 e. The van der Waals surface area contributed by atoms with Gasteiger partial charge < -0.3 is 9.84 Å². The second kappa shape index (κ2) is 7.49. The number of carbonyl (C=O) groups excluding carboxylic acids is 2. The summed E-state index contributed by atoms with van der Waals surface area (Å²) in [4.78, 5) is 24.5. The number of aliphatic hydroxyl groups is 1. The van der Waals surface area contributed by atoms with Gasteiger partial charge in [0, 0.05) is 27.6 Å². The summed E-state index contributed by atoms with van der Waals surface area (Å²) in [5.41, 5.74) is 4.19. The van der Waals surface area contributed by atoms with Crippen LogP contribution in [0.25, 0.3) is 22.2 Å². The van der Waals surface area contributed by atoms with Crippen LogP contribution < -0.4 is 4.74 Å². The SMILES string of the molecule is CC(=O)c1cccc(OC[C@H](O)Cn2nc3c4c(cccc42)C(=O)c2ccccc2-3)c1. The highest BCUT2D eigenvalue weighted by molar-refractivity contribution is 6.25. The number of ketones is 2. The molecule has 1 atom stereocenters. The Morgan fingerprint density at radius 3 is 2.58 bits per heavy atom. The Morgan fingerprint density at radius 1 is 1.03 bits per heavy atom. The Kier molecular flexibility index (Phi) is 4.64. The highest BCUT2D eigenvalue weighted by Gasteiger charge is 2.28.